The maximum Gasteiger partial charge on any atom is 0.134 e. The van der Waals surface area contributed by atoms with Crippen molar-refractivity contribution in [1.82, 2.24) is 10.2 Å². The molecule has 0 aliphatic carbocycles. The molecule has 1 aliphatic rings. The van der Waals surface area contributed by atoms with Crippen molar-refractivity contribution in [3.63, 3.8) is 0 Å². The van der Waals surface area contributed by atoms with Crippen LogP contribution in [-0.2, 0) is 6.54 Å². The number of para-hydroxylation sites is 1. The van der Waals surface area contributed by atoms with E-state index in [-0.39, 0.29) is 0 Å². The van der Waals surface area contributed by atoms with Crippen molar-refractivity contribution < 1.29 is 4.42 Å². The van der Waals surface area contributed by atoms with E-state index in [2.05, 4.69) is 29.4 Å². The molecule has 2 aromatic rings. The van der Waals surface area contributed by atoms with Gasteiger partial charge in [0.05, 0.1) is 6.54 Å². The summed E-state index contributed by atoms with van der Waals surface area (Å²) < 4.78 is 5.81. The molecule has 0 radical (unpaired) electrons. The second-order valence-electron chi connectivity index (χ2n) is 5.65. The number of nitrogens with zero attached hydrogens (tertiary/aromatic N) is 1. The minimum atomic E-state index is 0.781. The first-order valence-electron chi connectivity index (χ1n) is 7.18. The van der Waals surface area contributed by atoms with Crippen LogP contribution in [0.1, 0.15) is 18.6 Å². The largest absolute Gasteiger partial charge is 0.460 e. The van der Waals surface area contributed by atoms with E-state index in [4.69, 9.17) is 4.42 Å². The summed E-state index contributed by atoms with van der Waals surface area (Å²) in [5.74, 6) is 1.81. The molecule has 0 amide bonds. The number of benzene rings is 1. The molecule has 1 atom stereocenters. The third-order valence-corrected chi connectivity index (χ3v) is 3.93. The quantitative estimate of drug-likeness (QED) is 0.914. The lowest BCUT2D eigenvalue weighted by molar-refractivity contribution is 0.205. The fourth-order valence-corrected chi connectivity index (χ4v) is 2.96. The summed E-state index contributed by atoms with van der Waals surface area (Å²) in [4.78, 5) is 2.43. The molecule has 19 heavy (non-hydrogen) atoms. The molecule has 102 valence electrons. The van der Waals surface area contributed by atoms with Crippen LogP contribution in [0.3, 0.4) is 0 Å². The van der Waals surface area contributed by atoms with Gasteiger partial charge >= 0.3 is 0 Å². The Kier molecular flexibility index (Phi) is 3.85. The normalized spacial score (nSPS) is 21.0. The Labute approximate surface area is 114 Å². The molecule has 1 aliphatic heterocycles. The van der Waals surface area contributed by atoms with Gasteiger partial charge in [0, 0.05) is 11.9 Å². The lowest BCUT2D eigenvalue weighted by Crippen LogP contribution is -2.37. The molecule has 2 heterocycles. The predicted octanol–water partition coefficient (Wildman–Crippen LogP) is 2.86. The number of piperidine rings is 1. The van der Waals surface area contributed by atoms with Gasteiger partial charge < -0.3 is 14.6 Å². The lowest BCUT2D eigenvalue weighted by atomic mass is 9.98. The Morgan fingerprint density at radius 3 is 3.11 bits per heavy atom. The Hall–Kier alpha value is -1.32. The van der Waals surface area contributed by atoms with E-state index in [9.17, 15) is 0 Å². The van der Waals surface area contributed by atoms with Crippen LogP contribution >= 0.6 is 0 Å². The number of nitrogens with one attached hydrogen (secondary N) is 1. The van der Waals surface area contributed by atoms with Gasteiger partial charge in [0.2, 0.25) is 0 Å². The fraction of sp³-hybridized carbons (Fsp3) is 0.500. The van der Waals surface area contributed by atoms with Crippen LogP contribution in [0.25, 0.3) is 11.0 Å². The Morgan fingerprint density at radius 2 is 2.26 bits per heavy atom. The van der Waals surface area contributed by atoms with Crippen LogP contribution < -0.4 is 5.32 Å². The molecule has 1 aromatic carbocycles. The maximum absolute atomic E-state index is 5.81. The zero-order chi connectivity index (χ0) is 13.1. The highest BCUT2D eigenvalue weighted by atomic mass is 16.3. The number of likely N-dealkylation sites (tertiary alicyclic amines) is 1. The summed E-state index contributed by atoms with van der Waals surface area (Å²) in [6.45, 7) is 4.38. The highest BCUT2D eigenvalue weighted by Crippen LogP contribution is 2.19. The van der Waals surface area contributed by atoms with Gasteiger partial charge in [-0.3, -0.25) is 0 Å². The second-order valence-corrected chi connectivity index (χ2v) is 5.65. The third kappa shape index (κ3) is 3.17. The molecule has 1 N–H and O–H groups in total. The standard InChI is InChI=1S/C16H22N2O/c1-18-8-4-5-13(12-18)10-17-11-15-9-14-6-2-3-7-16(14)19-15/h2-3,6-7,9,13,17H,4-5,8,10-12H2,1H3. The van der Waals surface area contributed by atoms with Crippen LogP contribution in [-0.4, -0.2) is 31.6 Å². The minimum Gasteiger partial charge on any atom is -0.460 e. The van der Waals surface area contributed by atoms with Crippen molar-refractivity contribution in [1.29, 1.82) is 0 Å². The topological polar surface area (TPSA) is 28.4 Å². The van der Waals surface area contributed by atoms with Crippen molar-refractivity contribution in [2.75, 3.05) is 26.7 Å². The molecule has 1 aromatic heterocycles. The summed E-state index contributed by atoms with van der Waals surface area (Å²) in [6.07, 6.45) is 2.67. The van der Waals surface area contributed by atoms with Gasteiger partial charge in [-0.05, 0) is 51.0 Å². The van der Waals surface area contributed by atoms with Gasteiger partial charge in [0.25, 0.3) is 0 Å². The monoisotopic (exact) mass is 258 g/mol. The van der Waals surface area contributed by atoms with Crippen molar-refractivity contribution in [3.05, 3.63) is 36.1 Å². The Balaban J connectivity index is 1.51. The summed E-state index contributed by atoms with van der Waals surface area (Å²) >= 11 is 0. The molecule has 0 spiro atoms. The zero-order valence-corrected chi connectivity index (χ0v) is 11.6. The van der Waals surface area contributed by atoms with E-state index >= 15 is 0 Å². The van der Waals surface area contributed by atoms with Crippen molar-refractivity contribution in [2.45, 2.75) is 19.4 Å². The van der Waals surface area contributed by atoms with Crippen LogP contribution in [0.2, 0.25) is 0 Å². The first-order valence-corrected chi connectivity index (χ1v) is 7.18. The number of hydrogen-bond donors (Lipinski definition) is 1. The van der Waals surface area contributed by atoms with E-state index in [0.29, 0.717) is 0 Å². The highest BCUT2D eigenvalue weighted by Gasteiger charge is 2.16. The number of furan rings is 1. The summed E-state index contributed by atoms with van der Waals surface area (Å²) in [5, 5.41) is 4.72. The number of hydrogen-bond acceptors (Lipinski definition) is 3. The van der Waals surface area contributed by atoms with E-state index < -0.39 is 0 Å². The molecule has 1 saturated heterocycles. The van der Waals surface area contributed by atoms with Gasteiger partial charge in [-0.15, -0.1) is 0 Å². The van der Waals surface area contributed by atoms with Crippen molar-refractivity contribution in [2.24, 2.45) is 5.92 Å². The van der Waals surface area contributed by atoms with Crippen molar-refractivity contribution >= 4 is 11.0 Å². The molecular weight excluding hydrogens is 236 g/mol. The molecule has 3 heteroatoms. The second kappa shape index (κ2) is 5.76. The molecule has 3 rings (SSSR count). The van der Waals surface area contributed by atoms with Crippen molar-refractivity contribution in [3.8, 4) is 0 Å². The average molecular weight is 258 g/mol. The Morgan fingerprint density at radius 1 is 1.37 bits per heavy atom. The van der Waals surface area contributed by atoms with Gasteiger partial charge in [0.1, 0.15) is 11.3 Å². The molecule has 1 unspecified atom stereocenters. The number of fused-ring (bicyclic) bond motifs is 1. The molecular formula is C16H22N2O. The highest BCUT2D eigenvalue weighted by molar-refractivity contribution is 5.77. The van der Waals surface area contributed by atoms with Gasteiger partial charge in [-0.2, -0.15) is 0 Å². The van der Waals surface area contributed by atoms with Crippen LogP contribution in [0, 0.1) is 5.92 Å². The summed E-state index contributed by atoms with van der Waals surface area (Å²) in [5.41, 5.74) is 0.983. The zero-order valence-electron chi connectivity index (χ0n) is 11.6. The summed E-state index contributed by atoms with van der Waals surface area (Å²) in [6, 6.07) is 10.3. The van der Waals surface area contributed by atoms with Gasteiger partial charge in [-0.25, -0.2) is 0 Å². The predicted molar refractivity (Wildman–Crippen MR) is 78.1 cm³/mol. The van der Waals surface area contributed by atoms with E-state index in [1.54, 1.807) is 0 Å². The average Bonchev–Trinajstić information content (AvgIpc) is 2.81. The maximum atomic E-state index is 5.81. The molecule has 1 fully saturated rings. The minimum absolute atomic E-state index is 0.781. The lowest BCUT2D eigenvalue weighted by Gasteiger charge is -2.29. The first kappa shape index (κ1) is 12.7. The van der Waals surface area contributed by atoms with Gasteiger partial charge in [0.15, 0.2) is 0 Å². The van der Waals surface area contributed by atoms with E-state index in [1.807, 2.05) is 18.2 Å². The van der Waals surface area contributed by atoms with Crippen LogP contribution in [0.4, 0.5) is 0 Å². The summed E-state index contributed by atoms with van der Waals surface area (Å²) in [7, 11) is 2.21. The fourth-order valence-electron chi connectivity index (χ4n) is 2.96. The first-order chi connectivity index (χ1) is 9.31. The van der Waals surface area contributed by atoms with Gasteiger partial charge in [-0.1, -0.05) is 18.2 Å². The van der Waals surface area contributed by atoms with E-state index in [1.165, 1.54) is 31.3 Å². The Bertz CT molecular complexity index is 501. The van der Waals surface area contributed by atoms with Crippen LogP contribution in [0.5, 0.6) is 0 Å². The smallest absolute Gasteiger partial charge is 0.134 e. The number of rotatable bonds is 4. The molecule has 0 bridgehead atoms. The molecule has 0 saturated carbocycles. The SMILES string of the molecule is CN1CCCC(CNCc2cc3ccccc3o2)C1. The molecule has 3 nitrogen and oxygen atoms in total. The van der Waals surface area contributed by atoms with Crippen LogP contribution in [0.15, 0.2) is 34.7 Å². The van der Waals surface area contributed by atoms with E-state index in [0.717, 1.165) is 30.4 Å². The third-order valence-electron chi connectivity index (χ3n) is 3.93.